The molecule has 0 fully saturated rings. The van der Waals surface area contributed by atoms with Crippen molar-refractivity contribution in [2.24, 2.45) is 0 Å². The molecule has 0 aliphatic carbocycles. The van der Waals surface area contributed by atoms with Gasteiger partial charge in [0.1, 0.15) is 34.6 Å². The van der Waals surface area contributed by atoms with Crippen molar-refractivity contribution in [1.82, 2.24) is 19.9 Å². The van der Waals surface area contributed by atoms with Crippen LogP contribution in [-0.4, -0.2) is 46.9 Å². The molecule has 0 unspecified atom stereocenters. The third-order valence-corrected chi connectivity index (χ3v) is 7.40. The molecule has 3 aromatic carbocycles. The molecule has 0 spiro atoms. The summed E-state index contributed by atoms with van der Waals surface area (Å²) in [7, 11) is 4.49. The van der Waals surface area contributed by atoms with Gasteiger partial charge in [-0.05, 0) is 74.4 Å². The lowest BCUT2D eigenvalue weighted by Gasteiger charge is -2.22. The molecule has 0 saturated carbocycles. The Balaban J connectivity index is 1.38. The Morgan fingerprint density at radius 1 is 0.933 bits per heavy atom. The highest BCUT2D eigenvalue weighted by atomic mass is 19.1. The average Bonchev–Trinajstić information content (AvgIpc) is 3.44. The van der Waals surface area contributed by atoms with E-state index in [0.717, 1.165) is 11.1 Å². The van der Waals surface area contributed by atoms with Gasteiger partial charge < -0.3 is 30.0 Å². The fourth-order valence-corrected chi connectivity index (χ4v) is 4.79. The van der Waals surface area contributed by atoms with Gasteiger partial charge in [0.25, 0.3) is 5.91 Å². The Bertz CT molecular complexity index is 1880. The van der Waals surface area contributed by atoms with E-state index in [9.17, 15) is 18.7 Å². The van der Waals surface area contributed by atoms with Crippen molar-refractivity contribution < 1.29 is 32.9 Å². The fourth-order valence-electron chi connectivity index (χ4n) is 4.79. The van der Waals surface area contributed by atoms with Gasteiger partial charge in [-0.25, -0.2) is 13.3 Å². The van der Waals surface area contributed by atoms with Crippen LogP contribution in [0, 0.1) is 18.6 Å². The average molecular weight is 618 g/mol. The number of amides is 1. The summed E-state index contributed by atoms with van der Waals surface area (Å²) in [5.74, 6) is -0.312. The van der Waals surface area contributed by atoms with Gasteiger partial charge in [-0.2, -0.15) is 4.98 Å². The van der Waals surface area contributed by atoms with E-state index in [1.807, 2.05) is 6.07 Å². The second-order valence-electron chi connectivity index (χ2n) is 10.8. The number of pyridine rings is 1. The summed E-state index contributed by atoms with van der Waals surface area (Å²) in [4.78, 5) is 17.5. The quantitative estimate of drug-likeness (QED) is 0.177. The van der Waals surface area contributed by atoms with Crippen molar-refractivity contribution in [2.75, 3.05) is 26.6 Å². The van der Waals surface area contributed by atoms with Crippen LogP contribution in [0.4, 0.5) is 20.4 Å². The number of hydrogen-bond acceptors (Lipinski definition) is 8. The maximum absolute atomic E-state index is 14.4. The summed E-state index contributed by atoms with van der Waals surface area (Å²) in [6.45, 7) is 4.58. The van der Waals surface area contributed by atoms with Gasteiger partial charge in [-0.15, -0.1) is 5.10 Å². The van der Waals surface area contributed by atoms with Crippen LogP contribution in [0.5, 0.6) is 17.2 Å². The molecular formula is C33H33F2N5O5. The summed E-state index contributed by atoms with van der Waals surface area (Å²) in [5, 5.41) is 20.9. The molecule has 5 rings (SSSR count). The first-order chi connectivity index (χ1) is 21.4. The molecule has 2 heterocycles. The second-order valence-corrected chi connectivity index (χ2v) is 10.8. The number of nitrogens with one attached hydrogen (secondary N) is 2. The molecule has 12 heteroatoms. The lowest BCUT2D eigenvalue weighted by atomic mass is 9.97. The summed E-state index contributed by atoms with van der Waals surface area (Å²) in [6, 6.07) is 14.7. The van der Waals surface area contributed by atoms with E-state index in [0.29, 0.717) is 34.1 Å². The van der Waals surface area contributed by atoms with Crippen molar-refractivity contribution in [1.29, 1.82) is 0 Å². The molecular weight excluding hydrogens is 584 g/mol. The van der Waals surface area contributed by atoms with Gasteiger partial charge in [-0.1, -0.05) is 12.1 Å². The lowest BCUT2D eigenvalue weighted by Crippen LogP contribution is -2.24. The molecule has 0 radical (unpaired) electrons. The largest absolute Gasteiger partial charge is 0.496 e. The number of aliphatic hydroxyl groups is 1. The van der Waals surface area contributed by atoms with Crippen LogP contribution in [0.15, 0.2) is 60.8 Å². The normalized spacial score (nSPS) is 11.4. The first-order valence-electron chi connectivity index (χ1n) is 14.0. The summed E-state index contributed by atoms with van der Waals surface area (Å²) in [5.41, 5.74) is 2.44. The Labute approximate surface area is 258 Å². The number of anilines is 2. The highest BCUT2D eigenvalue weighted by molar-refractivity contribution is 5.97. The maximum Gasteiger partial charge on any atom is 0.255 e. The molecule has 0 saturated heterocycles. The third kappa shape index (κ3) is 6.36. The van der Waals surface area contributed by atoms with Crippen molar-refractivity contribution >= 4 is 23.2 Å². The Morgan fingerprint density at radius 2 is 1.60 bits per heavy atom. The standard InChI is InChI=1S/C33H33F2N5O5/c1-18-24(34)11-8-20(29(18)35)16-36-31(41)23-10-7-19(13-25(23)43-4)21-9-12-28-37-32(39-40(28)17-21)38-30-26(44-5)14-22(33(2,3)42)15-27(30)45-6/h7-15,17,42H,16H2,1-6H3,(H,36,41)(H,38,39). The molecule has 0 aliphatic rings. The molecule has 0 aliphatic heterocycles. The number of hydrogen-bond donors (Lipinski definition) is 3. The molecule has 2 aromatic heterocycles. The zero-order chi connectivity index (χ0) is 32.5. The predicted octanol–water partition coefficient (Wildman–Crippen LogP) is 5.91. The van der Waals surface area contributed by atoms with Crippen molar-refractivity contribution in [3.05, 3.63) is 94.7 Å². The number of halogens is 2. The van der Waals surface area contributed by atoms with E-state index in [2.05, 4.69) is 20.7 Å². The molecule has 10 nitrogen and oxygen atoms in total. The van der Waals surface area contributed by atoms with Crippen LogP contribution < -0.4 is 24.8 Å². The highest BCUT2D eigenvalue weighted by Crippen LogP contribution is 2.40. The Kier molecular flexibility index (Phi) is 8.60. The maximum atomic E-state index is 14.4. The number of rotatable bonds is 10. The summed E-state index contributed by atoms with van der Waals surface area (Å²) >= 11 is 0. The molecule has 234 valence electrons. The van der Waals surface area contributed by atoms with Crippen LogP contribution in [0.3, 0.4) is 0 Å². The molecule has 3 N–H and O–H groups in total. The zero-order valence-electron chi connectivity index (χ0n) is 25.7. The number of nitrogens with zero attached hydrogens (tertiary/aromatic N) is 3. The van der Waals surface area contributed by atoms with Gasteiger partial charge in [0, 0.05) is 29.4 Å². The number of benzene rings is 3. The number of methoxy groups -OCH3 is 3. The zero-order valence-corrected chi connectivity index (χ0v) is 25.7. The van der Waals surface area contributed by atoms with Crippen LogP contribution in [-0.2, 0) is 12.1 Å². The van der Waals surface area contributed by atoms with Gasteiger partial charge in [-0.3, -0.25) is 4.79 Å². The second kappa shape index (κ2) is 12.4. The van der Waals surface area contributed by atoms with Crippen molar-refractivity contribution in [3.63, 3.8) is 0 Å². The first kappa shape index (κ1) is 31.2. The van der Waals surface area contributed by atoms with Gasteiger partial charge >= 0.3 is 0 Å². The van der Waals surface area contributed by atoms with E-state index < -0.39 is 23.1 Å². The number of ether oxygens (including phenoxy) is 3. The van der Waals surface area contributed by atoms with Crippen LogP contribution in [0.2, 0.25) is 0 Å². The third-order valence-electron chi connectivity index (χ3n) is 7.40. The molecule has 45 heavy (non-hydrogen) atoms. The number of fused-ring (bicyclic) bond motifs is 1. The van der Waals surface area contributed by atoms with E-state index in [1.165, 1.54) is 40.4 Å². The summed E-state index contributed by atoms with van der Waals surface area (Å²) < 4.78 is 46.2. The van der Waals surface area contributed by atoms with Crippen LogP contribution in [0.1, 0.15) is 40.9 Å². The Hall–Kier alpha value is -5.23. The van der Waals surface area contributed by atoms with Crippen LogP contribution in [0.25, 0.3) is 16.8 Å². The van der Waals surface area contributed by atoms with E-state index >= 15 is 0 Å². The number of aromatic nitrogens is 3. The summed E-state index contributed by atoms with van der Waals surface area (Å²) in [6.07, 6.45) is 1.79. The van der Waals surface area contributed by atoms with E-state index in [1.54, 1.807) is 61.0 Å². The predicted molar refractivity (Wildman–Crippen MR) is 165 cm³/mol. The van der Waals surface area contributed by atoms with Crippen LogP contribution >= 0.6 is 0 Å². The van der Waals surface area contributed by atoms with E-state index in [-0.39, 0.29) is 29.2 Å². The minimum atomic E-state index is -1.11. The molecule has 5 aromatic rings. The monoisotopic (exact) mass is 617 g/mol. The van der Waals surface area contributed by atoms with Gasteiger partial charge in [0.15, 0.2) is 5.65 Å². The highest BCUT2D eigenvalue weighted by Gasteiger charge is 2.23. The van der Waals surface area contributed by atoms with Crippen molar-refractivity contribution in [2.45, 2.75) is 32.9 Å². The number of carbonyl (C=O) groups is 1. The van der Waals surface area contributed by atoms with Crippen molar-refractivity contribution in [3.8, 4) is 28.4 Å². The molecule has 0 atom stereocenters. The fraction of sp³-hybridized carbons (Fsp3) is 0.242. The smallest absolute Gasteiger partial charge is 0.255 e. The topological polar surface area (TPSA) is 119 Å². The van der Waals surface area contributed by atoms with Gasteiger partial charge in [0.2, 0.25) is 5.95 Å². The molecule has 0 bridgehead atoms. The minimum absolute atomic E-state index is 0.101. The van der Waals surface area contributed by atoms with E-state index in [4.69, 9.17) is 14.2 Å². The number of carbonyl (C=O) groups excluding carboxylic acids is 1. The first-order valence-corrected chi connectivity index (χ1v) is 14.0. The van der Waals surface area contributed by atoms with Gasteiger partial charge in [0.05, 0.1) is 32.5 Å². The lowest BCUT2D eigenvalue weighted by molar-refractivity contribution is 0.0780. The Morgan fingerprint density at radius 3 is 2.24 bits per heavy atom. The minimum Gasteiger partial charge on any atom is -0.496 e. The SMILES string of the molecule is COc1cc(-c2ccc3nc(Nc4c(OC)cc(C(C)(C)O)cc4OC)nn3c2)ccc1C(=O)NCc1ccc(F)c(C)c1F. The molecule has 1 amide bonds.